The van der Waals surface area contributed by atoms with Gasteiger partial charge in [0.25, 0.3) is 0 Å². The molecule has 4 heteroatoms. The minimum absolute atomic E-state index is 0.632. The Morgan fingerprint density at radius 2 is 0.769 bits per heavy atom. The second-order valence-corrected chi connectivity index (χ2v) is 9.95. The van der Waals surface area contributed by atoms with Crippen LogP contribution in [0.15, 0.2) is 133 Å². The highest BCUT2D eigenvalue weighted by molar-refractivity contribution is 6.31. The molecule has 0 fully saturated rings. The fraction of sp³-hybridized carbons (Fsp3) is 0. The first kappa shape index (κ1) is 23.3. The topological polar surface area (TPSA) is 38.7 Å². The summed E-state index contributed by atoms with van der Waals surface area (Å²) in [4.78, 5) is 14.8. The van der Waals surface area contributed by atoms with Crippen molar-refractivity contribution in [2.24, 2.45) is 0 Å². The zero-order chi connectivity index (χ0) is 26.2. The number of aromatic nitrogens is 3. The molecular weight excluding hydrogens is 498 g/mol. The van der Waals surface area contributed by atoms with Crippen LogP contribution in [0, 0.1) is 0 Å². The van der Waals surface area contributed by atoms with Crippen molar-refractivity contribution in [1.82, 2.24) is 15.0 Å². The number of rotatable bonds is 4. The number of hydrogen-bond donors (Lipinski definition) is 0. The van der Waals surface area contributed by atoms with E-state index in [0.717, 1.165) is 43.4 Å². The third-order valence-electron chi connectivity index (χ3n) is 6.95. The highest BCUT2D eigenvalue weighted by Crippen LogP contribution is 2.30. The van der Waals surface area contributed by atoms with Gasteiger partial charge in [-0.25, -0.2) is 15.0 Å². The average molecular weight is 520 g/mol. The van der Waals surface area contributed by atoms with Crippen molar-refractivity contribution in [2.75, 3.05) is 0 Å². The molecule has 39 heavy (non-hydrogen) atoms. The second-order valence-electron chi connectivity index (χ2n) is 9.52. The first-order valence-electron chi connectivity index (χ1n) is 12.8. The Labute approximate surface area is 231 Å². The zero-order valence-corrected chi connectivity index (χ0v) is 21.7. The van der Waals surface area contributed by atoms with Crippen LogP contribution in [0.2, 0.25) is 5.02 Å². The highest BCUT2D eigenvalue weighted by atomic mass is 35.5. The van der Waals surface area contributed by atoms with Crippen molar-refractivity contribution in [3.8, 4) is 45.3 Å². The molecule has 0 unspecified atom stereocenters. The Kier molecular flexibility index (Phi) is 5.84. The maximum absolute atomic E-state index is 6.21. The van der Waals surface area contributed by atoms with Gasteiger partial charge in [-0.2, -0.15) is 0 Å². The molecule has 0 saturated carbocycles. The molecule has 0 aliphatic rings. The molecule has 0 saturated heterocycles. The van der Waals surface area contributed by atoms with E-state index in [0.29, 0.717) is 17.5 Å². The molecule has 0 bridgehead atoms. The lowest BCUT2D eigenvalue weighted by Gasteiger charge is -2.10. The Morgan fingerprint density at radius 3 is 1.46 bits per heavy atom. The van der Waals surface area contributed by atoms with Crippen LogP contribution >= 0.6 is 11.6 Å². The maximum Gasteiger partial charge on any atom is 0.164 e. The molecule has 0 spiro atoms. The monoisotopic (exact) mass is 519 g/mol. The molecule has 0 atom stereocenters. The molecule has 6 aromatic carbocycles. The van der Waals surface area contributed by atoms with E-state index >= 15 is 0 Å². The van der Waals surface area contributed by atoms with Gasteiger partial charge in [-0.1, -0.05) is 121 Å². The van der Waals surface area contributed by atoms with Crippen LogP contribution in [-0.2, 0) is 0 Å². The molecular formula is C35H22ClN3. The van der Waals surface area contributed by atoms with Crippen LogP contribution < -0.4 is 0 Å². The lowest BCUT2D eigenvalue weighted by Crippen LogP contribution is -2.00. The predicted octanol–water partition coefficient (Wildman–Crippen LogP) is 9.50. The molecule has 0 N–H and O–H groups in total. The van der Waals surface area contributed by atoms with Gasteiger partial charge in [0.15, 0.2) is 17.5 Å². The Bertz CT molecular complexity index is 1970. The van der Waals surface area contributed by atoms with Crippen LogP contribution in [-0.4, -0.2) is 15.0 Å². The summed E-state index contributed by atoms with van der Waals surface area (Å²) in [6.07, 6.45) is 0. The lowest BCUT2D eigenvalue weighted by atomic mass is 10.0. The van der Waals surface area contributed by atoms with E-state index < -0.39 is 0 Å². The van der Waals surface area contributed by atoms with Gasteiger partial charge in [-0.3, -0.25) is 0 Å². The van der Waals surface area contributed by atoms with Crippen LogP contribution in [0.1, 0.15) is 0 Å². The Hall–Kier alpha value is -4.86. The molecule has 7 aromatic rings. The van der Waals surface area contributed by atoms with Crippen molar-refractivity contribution >= 4 is 33.1 Å². The average Bonchev–Trinajstić information content (AvgIpc) is 3.01. The summed E-state index contributed by atoms with van der Waals surface area (Å²) in [5.74, 6) is 1.91. The molecule has 7 rings (SSSR count). The normalized spacial score (nSPS) is 11.2. The molecule has 1 heterocycles. The summed E-state index contributed by atoms with van der Waals surface area (Å²) in [5, 5.41) is 5.20. The largest absolute Gasteiger partial charge is 0.208 e. The van der Waals surface area contributed by atoms with Crippen molar-refractivity contribution < 1.29 is 0 Å². The zero-order valence-electron chi connectivity index (χ0n) is 20.9. The van der Waals surface area contributed by atoms with Gasteiger partial charge >= 0.3 is 0 Å². The van der Waals surface area contributed by atoms with E-state index in [1.165, 1.54) is 10.9 Å². The number of fused-ring (bicyclic) bond motifs is 2. The van der Waals surface area contributed by atoms with Crippen molar-refractivity contribution in [3.63, 3.8) is 0 Å². The van der Waals surface area contributed by atoms with E-state index in [-0.39, 0.29) is 0 Å². The van der Waals surface area contributed by atoms with E-state index in [1.807, 2.05) is 42.5 Å². The van der Waals surface area contributed by atoms with Crippen molar-refractivity contribution in [1.29, 1.82) is 0 Å². The van der Waals surface area contributed by atoms with E-state index in [9.17, 15) is 0 Å². The number of halogens is 1. The maximum atomic E-state index is 6.21. The van der Waals surface area contributed by atoms with Gasteiger partial charge in [0.05, 0.1) is 0 Å². The summed E-state index contributed by atoms with van der Waals surface area (Å²) in [6.45, 7) is 0. The van der Waals surface area contributed by atoms with Crippen LogP contribution in [0.5, 0.6) is 0 Å². The summed E-state index contributed by atoms with van der Waals surface area (Å²) < 4.78 is 0. The van der Waals surface area contributed by atoms with Gasteiger partial charge < -0.3 is 0 Å². The van der Waals surface area contributed by atoms with E-state index in [2.05, 4.69) is 91.0 Å². The third kappa shape index (κ3) is 4.65. The molecule has 0 aliphatic carbocycles. The quantitative estimate of drug-likeness (QED) is 0.232. The van der Waals surface area contributed by atoms with Gasteiger partial charge in [0.2, 0.25) is 0 Å². The lowest BCUT2D eigenvalue weighted by molar-refractivity contribution is 1.08. The summed E-state index contributed by atoms with van der Waals surface area (Å²) in [6, 6.07) is 45.5. The minimum atomic E-state index is 0.632. The summed E-state index contributed by atoms with van der Waals surface area (Å²) in [7, 11) is 0. The SMILES string of the molecule is Clc1ccc2cc(-c3nc(-c4ccc(-c5ccccc5)cc4)nc(-c4ccc5ccccc5c4)n3)ccc2c1. The standard InChI is InChI=1S/C35H22ClN3/c36-32-19-18-28-21-31(17-15-29(28)22-32)35-38-33(26-13-10-25(11-14-26)23-6-2-1-3-7-23)37-34(39-35)30-16-12-24-8-4-5-9-27(24)20-30/h1-22H. The van der Waals surface area contributed by atoms with E-state index in [1.54, 1.807) is 0 Å². The molecule has 184 valence electrons. The van der Waals surface area contributed by atoms with Gasteiger partial charge in [0, 0.05) is 21.7 Å². The summed E-state index contributed by atoms with van der Waals surface area (Å²) in [5.41, 5.74) is 5.14. The molecule has 1 aromatic heterocycles. The molecule has 0 amide bonds. The van der Waals surface area contributed by atoms with E-state index in [4.69, 9.17) is 26.6 Å². The first-order chi connectivity index (χ1) is 19.2. The van der Waals surface area contributed by atoms with Gasteiger partial charge in [0.1, 0.15) is 0 Å². The minimum Gasteiger partial charge on any atom is -0.208 e. The molecule has 3 nitrogen and oxygen atoms in total. The van der Waals surface area contributed by atoms with Gasteiger partial charge in [-0.15, -0.1) is 0 Å². The number of nitrogens with zero attached hydrogens (tertiary/aromatic N) is 3. The fourth-order valence-corrected chi connectivity index (χ4v) is 5.07. The summed E-state index contributed by atoms with van der Waals surface area (Å²) >= 11 is 6.21. The smallest absolute Gasteiger partial charge is 0.164 e. The van der Waals surface area contributed by atoms with Crippen LogP contribution in [0.4, 0.5) is 0 Å². The number of benzene rings is 6. The Morgan fingerprint density at radius 1 is 0.333 bits per heavy atom. The van der Waals surface area contributed by atoms with Gasteiger partial charge in [-0.05, 0) is 56.9 Å². The molecule has 0 aliphatic heterocycles. The second kappa shape index (κ2) is 9.79. The highest BCUT2D eigenvalue weighted by Gasteiger charge is 2.13. The molecule has 0 radical (unpaired) electrons. The predicted molar refractivity (Wildman–Crippen MR) is 162 cm³/mol. The number of hydrogen-bond acceptors (Lipinski definition) is 3. The third-order valence-corrected chi connectivity index (χ3v) is 7.19. The van der Waals surface area contributed by atoms with Crippen LogP contribution in [0.25, 0.3) is 66.8 Å². The van der Waals surface area contributed by atoms with Crippen molar-refractivity contribution in [2.45, 2.75) is 0 Å². The Balaban J connectivity index is 1.37. The fourth-order valence-electron chi connectivity index (χ4n) is 4.89. The first-order valence-corrected chi connectivity index (χ1v) is 13.2. The van der Waals surface area contributed by atoms with Crippen LogP contribution in [0.3, 0.4) is 0 Å². The van der Waals surface area contributed by atoms with Crippen molar-refractivity contribution in [3.05, 3.63) is 138 Å².